The molecule has 1 heterocycles. The molecule has 0 saturated heterocycles. The number of carbonyl (C=O) groups is 2. The lowest BCUT2D eigenvalue weighted by atomic mass is 10.0. The SMILES string of the molecule is Cc1cc(C(=O)NC(CC(=O)O)CC(C)C)nc(N)n1. The van der Waals surface area contributed by atoms with E-state index >= 15 is 0 Å². The van der Waals surface area contributed by atoms with Gasteiger partial charge in [0.05, 0.1) is 6.42 Å². The van der Waals surface area contributed by atoms with Crippen molar-refractivity contribution in [3.8, 4) is 0 Å². The summed E-state index contributed by atoms with van der Waals surface area (Å²) in [5.74, 6) is -1.09. The summed E-state index contributed by atoms with van der Waals surface area (Å²) in [6.07, 6.45) is 0.459. The quantitative estimate of drug-likeness (QED) is 0.715. The van der Waals surface area contributed by atoms with E-state index in [9.17, 15) is 9.59 Å². The number of carbonyl (C=O) groups excluding carboxylic acids is 1. The summed E-state index contributed by atoms with van der Waals surface area (Å²) in [6.45, 7) is 5.64. The minimum atomic E-state index is -0.950. The van der Waals surface area contributed by atoms with E-state index < -0.39 is 17.9 Å². The average molecular weight is 280 g/mol. The van der Waals surface area contributed by atoms with Gasteiger partial charge in [0.15, 0.2) is 0 Å². The Bertz CT molecular complexity index is 482. The smallest absolute Gasteiger partial charge is 0.305 e. The molecule has 0 fully saturated rings. The summed E-state index contributed by atoms with van der Waals surface area (Å²) < 4.78 is 0. The van der Waals surface area contributed by atoms with Crippen LogP contribution in [0, 0.1) is 12.8 Å². The van der Waals surface area contributed by atoms with Gasteiger partial charge < -0.3 is 16.2 Å². The molecule has 0 bridgehead atoms. The van der Waals surface area contributed by atoms with Crippen LogP contribution in [-0.2, 0) is 4.79 Å². The van der Waals surface area contributed by atoms with Crippen LogP contribution < -0.4 is 11.1 Å². The number of hydrogen-bond acceptors (Lipinski definition) is 5. The molecule has 1 rings (SSSR count). The number of anilines is 1. The first-order valence-electron chi connectivity index (χ1n) is 6.41. The first-order valence-corrected chi connectivity index (χ1v) is 6.41. The molecule has 0 aliphatic heterocycles. The molecule has 1 amide bonds. The zero-order valence-electron chi connectivity index (χ0n) is 11.9. The van der Waals surface area contributed by atoms with E-state index in [2.05, 4.69) is 15.3 Å². The van der Waals surface area contributed by atoms with Crippen molar-refractivity contribution < 1.29 is 14.7 Å². The third-order valence-corrected chi connectivity index (χ3v) is 2.62. The molecule has 1 aromatic heterocycles. The van der Waals surface area contributed by atoms with Crippen molar-refractivity contribution in [2.24, 2.45) is 5.92 Å². The first-order chi connectivity index (χ1) is 9.27. The number of nitrogens with zero attached hydrogens (tertiary/aromatic N) is 2. The molecule has 0 aliphatic carbocycles. The lowest BCUT2D eigenvalue weighted by molar-refractivity contribution is -0.137. The zero-order valence-corrected chi connectivity index (χ0v) is 11.9. The number of nitrogens with two attached hydrogens (primary N) is 1. The third kappa shape index (κ3) is 5.21. The van der Waals surface area contributed by atoms with E-state index in [0.717, 1.165) is 0 Å². The van der Waals surface area contributed by atoms with Crippen LogP contribution in [0.4, 0.5) is 5.95 Å². The van der Waals surface area contributed by atoms with Crippen molar-refractivity contribution in [3.05, 3.63) is 17.5 Å². The van der Waals surface area contributed by atoms with Crippen LogP contribution >= 0.6 is 0 Å². The summed E-state index contributed by atoms with van der Waals surface area (Å²) >= 11 is 0. The van der Waals surface area contributed by atoms with E-state index in [0.29, 0.717) is 12.1 Å². The molecule has 0 aliphatic rings. The Morgan fingerprint density at radius 2 is 2.05 bits per heavy atom. The molecule has 0 aromatic carbocycles. The van der Waals surface area contributed by atoms with Crippen LogP contribution in [0.1, 0.15) is 42.9 Å². The first kappa shape index (κ1) is 15.9. The summed E-state index contributed by atoms with van der Waals surface area (Å²) in [4.78, 5) is 30.6. The molecule has 7 heteroatoms. The molecule has 0 radical (unpaired) electrons. The molecular formula is C13H20N4O3. The van der Waals surface area contributed by atoms with Gasteiger partial charge in [-0.25, -0.2) is 9.97 Å². The number of amides is 1. The van der Waals surface area contributed by atoms with Gasteiger partial charge in [-0.1, -0.05) is 13.8 Å². The maximum atomic E-state index is 12.1. The number of aryl methyl sites for hydroxylation is 1. The largest absolute Gasteiger partial charge is 0.481 e. The Morgan fingerprint density at radius 1 is 1.40 bits per heavy atom. The minimum Gasteiger partial charge on any atom is -0.481 e. The van der Waals surface area contributed by atoms with Crippen LogP contribution in [0.2, 0.25) is 0 Å². The van der Waals surface area contributed by atoms with Crippen molar-refractivity contribution in [1.82, 2.24) is 15.3 Å². The van der Waals surface area contributed by atoms with Gasteiger partial charge in [0.25, 0.3) is 5.91 Å². The van der Waals surface area contributed by atoms with Crippen molar-refractivity contribution >= 4 is 17.8 Å². The van der Waals surface area contributed by atoms with E-state index in [-0.39, 0.29) is 24.0 Å². The van der Waals surface area contributed by atoms with Gasteiger partial charge in [0.2, 0.25) is 5.95 Å². The van der Waals surface area contributed by atoms with Gasteiger partial charge in [-0.3, -0.25) is 9.59 Å². The van der Waals surface area contributed by atoms with E-state index in [1.54, 1.807) is 6.92 Å². The van der Waals surface area contributed by atoms with Gasteiger partial charge >= 0.3 is 5.97 Å². The molecule has 0 spiro atoms. The van der Waals surface area contributed by atoms with Crippen LogP contribution in [-0.4, -0.2) is 33.0 Å². The minimum absolute atomic E-state index is 0.0220. The molecule has 110 valence electrons. The van der Waals surface area contributed by atoms with Gasteiger partial charge in [0.1, 0.15) is 5.69 Å². The molecular weight excluding hydrogens is 260 g/mol. The standard InChI is InChI=1S/C13H20N4O3/c1-7(2)4-9(6-11(18)19)16-12(20)10-5-8(3)15-13(14)17-10/h5,7,9H,4,6H2,1-3H3,(H,16,20)(H,18,19)(H2,14,15,17). The Balaban J connectivity index is 2.81. The molecule has 1 atom stereocenters. The van der Waals surface area contributed by atoms with Crippen molar-refractivity contribution in [3.63, 3.8) is 0 Å². The molecule has 7 nitrogen and oxygen atoms in total. The summed E-state index contributed by atoms with van der Waals surface area (Å²) in [5, 5.41) is 11.6. The monoisotopic (exact) mass is 280 g/mol. The molecule has 1 aromatic rings. The Hall–Kier alpha value is -2.18. The van der Waals surface area contributed by atoms with Crippen molar-refractivity contribution in [1.29, 1.82) is 0 Å². The second kappa shape index (κ2) is 6.83. The fourth-order valence-electron chi connectivity index (χ4n) is 1.94. The Morgan fingerprint density at radius 3 is 2.55 bits per heavy atom. The van der Waals surface area contributed by atoms with Gasteiger partial charge in [-0.15, -0.1) is 0 Å². The van der Waals surface area contributed by atoms with E-state index in [1.165, 1.54) is 6.07 Å². The average Bonchev–Trinajstić information content (AvgIpc) is 2.25. The second-order valence-electron chi connectivity index (χ2n) is 5.15. The van der Waals surface area contributed by atoms with Gasteiger partial charge in [-0.2, -0.15) is 0 Å². The number of aliphatic carboxylic acids is 1. The van der Waals surface area contributed by atoms with E-state index in [4.69, 9.17) is 10.8 Å². The number of carboxylic acids is 1. The Kier molecular flexibility index (Phi) is 5.42. The van der Waals surface area contributed by atoms with Crippen LogP contribution in [0.15, 0.2) is 6.07 Å². The number of nitrogens with one attached hydrogen (secondary N) is 1. The lowest BCUT2D eigenvalue weighted by Gasteiger charge is -2.18. The summed E-state index contributed by atoms with van der Waals surface area (Å²) in [6, 6.07) is 1.08. The fourth-order valence-corrected chi connectivity index (χ4v) is 1.94. The van der Waals surface area contributed by atoms with Gasteiger partial charge in [0, 0.05) is 11.7 Å². The third-order valence-electron chi connectivity index (χ3n) is 2.62. The predicted molar refractivity (Wildman–Crippen MR) is 74.1 cm³/mol. The summed E-state index contributed by atoms with van der Waals surface area (Å²) in [5.41, 5.74) is 6.23. The van der Waals surface area contributed by atoms with Crippen molar-refractivity contribution in [2.75, 3.05) is 5.73 Å². The second-order valence-corrected chi connectivity index (χ2v) is 5.15. The Labute approximate surface area is 117 Å². The van der Waals surface area contributed by atoms with E-state index in [1.807, 2.05) is 13.8 Å². The highest BCUT2D eigenvalue weighted by atomic mass is 16.4. The predicted octanol–water partition coefficient (Wildman–Crippen LogP) is 0.986. The number of nitrogen functional groups attached to an aromatic ring is 1. The summed E-state index contributed by atoms with van der Waals surface area (Å²) in [7, 11) is 0. The lowest BCUT2D eigenvalue weighted by Crippen LogP contribution is -2.38. The molecule has 0 saturated carbocycles. The topological polar surface area (TPSA) is 118 Å². The normalized spacial score (nSPS) is 12.2. The van der Waals surface area contributed by atoms with Crippen molar-refractivity contribution in [2.45, 2.75) is 39.7 Å². The van der Waals surface area contributed by atoms with Crippen LogP contribution in [0.3, 0.4) is 0 Å². The maximum absolute atomic E-state index is 12.1. The highest BCUT2D eigenvalue weighted by molar-refractivity contribution is 5.93. The molecule has 20 heavy (non-hydrogen) atoms. The highest BCUT2D eigenvalue weighted by Crippen LogP contribution is 2.10. The number of aromatic nitrogens is 2. The fraction of sp³-hybridized carbons (Fsp3) is 0.538. The highest BCUT2D eigenvalue weighted by Gasteiger charge is 2.19. The zero-order chi connectivity index (χ0) is 15.3. The molecule has 1 unspecified atom stereocenters. The maximum Gasteiger partial charge on any atom is 0.305 e. The number of rotatable bonds is 6. The van der Waals surface area contributed by atoms with Crippen LogP contribution in [0.25, 0.3) is 0 Å². The number of hydrogen-bond donors (Lipinski definition) is 3. The van der Waals surface area contributed by atoms with Crippen LogP contribution in [0.5, 0.6) is 0 Å². The molecule has 4 N–H and O–H groups in total. The van der Waals surface area contributed by atoms with Gasteiger partial charge in [-0.05, 0) is 25.3 Å². The number of carboxylic acid groups (broad SMARTS) is 1.